The molecule has 118 heavy (non-hydrogen) atoms. The van der Waals surface area contributed by atoms with Gasteiger partial charge in [-0.1, -0.05) is 72.3 Å². The van der Waals surface area contributed by atoms with E-state index in [1.807, 2.05) is 148 Å². The molecule has 0 bridgehead atoms. The van der Waals surface area contributed by atoms with Gasteiger partial charge in [0.25, 0.3) is 11.4 Å². The van der Waals surface area contributed by atoms with Crippen molar-refractivity contribution in [1.82, 2.24) is 35.6 Å². The summed E-state index contributed by atoms with van der Waals surface area (Å²) in [7, 11) is 0. The number of non-ortho nitro benzene ring substituents is 2. The molecule has 0 aliphatic rings. The van der Waals surface area contributed by atoms with Crippen molar-refractivity contribution in [3.8, 4) is 51.7 Å². The number of ether oxygens (including phenoxy) is 4. The van der Waals surface area contributed by atoms with E-state index in [0.29, 0.717) is 28.5 Å². The van der Waals surface area contributed by atoms with Crippen LogP contribution in [0.1, 0.15) is 16.7 Å². The van der Waals surface area contributed by atoms with Crippen molar-refractivity contribution in [2.24, 2.45) is 0 Å². The first kappa shape index (κ1) is 83.9. The Kier molecular flexibility index (Phi) is 28.9. The molecule has 10 aromatic heterocycles. The second kappa shape index (κ2) is 40.7. The Balaban J connectivity index is 0.000000137. The first-order valence-electron chi connectivity index (χ1n) is 34.7. The van der Waals surface area contributed by atoms with Gasteiger partial charge in [-0.15, -0.1) is 56.7 Å². The Morgan fingerprint density at radius 2 is 0.780 bits per heavy atom. The number of benzene rings is 7. The molecule has 0 atom stereocenters. The van der Waals surface area contributed by atoms with Crippen LogP contribution in [0.4, 0.5) is 41.6 Å². The van der Waals surface area contributed by atoms with Gasteiger partial charge in [-0.3, -0.25) is 54.7 Å². The van der Waals surface area contributed by atoms with E-state index in [1.54, 1.807) is 131 Å². The number of anilines is 3. The molecule has 0 saturated carbocycles. The molecule has 0 radical (unpaired) electrons. The number of nitro groups is 2. The zero-order valence-electron chi connectivity index (χ0n) is 60.8. The summed E-state index contributed by atoms with van der Waals surface area (Å²) in [6.45, 7) is 0. The quantitative estimate of drug-likeness (QED) is 0.0227. The summed E-state index contributed by atoms with van der Waals surface area (Å²) in [4.78, 5) is 65.0. The van der Waals surface area contributed by atoms with Crippen LogP contribution < -0.4 is 45.9 Å². The van der Waals surface area contributed by atoms with Crippen molar-refractivity contribution >= 4 is 194 Å². The number of nitrogens with two attached hydrogens (primary N) is 1. The third-order valence-electron chi connectivity index (χ3n) is 16.0. The minimum atomic E-state index is -4.68. The van der Waals surface area contributed by atoms with Crippen molar-refractivity contribution in [2.45, 2.75) is 19.0 Å². The maximum absolute atomic E-state index is 13.7. The summed E-state index contributed by atoms with van der Waals surface area (Å²) in [5.41, 5.74) is 12.0. The standard InChI is InChI=1S/C23H16F3N3O2S2.C22H17N3O2S2.C13H8N2O3S.C13H10N2OS.C7H4ClNS.C6H5NO3/c24-23(25,26)16-13-15(31-19-8-10-27-18-9-11-33-21(18)19)6-7-17(16)28-22(32)29-20(30)12-14-4-2-1-3-5-14;26-20(14-15-4-2-1-3-5-15)25-22(28)24-16-6-8-17(9-7-16)27-19-10-12-23-18-11-13-29-21(18)19;16-15(17)9-1-3-10(4-2-9)18-12-5-7-14-11-6-8-19-13(11)12;14-9-1-3-10(4-2-9)16-12-5-7-15-11-6-8-17-13(11)12;8-5-1-3-9-6-2-4-10-7(5)6;8-6-3-1-5(2-4-6)7(9)10/h1-11,13H,12H2,(H2,28,29,30,32);1-13H,14H2,(H2,24,25,26,28);1-8H;1-8H,14H2;1-4H;1-4,8H. The highest BCUT2D eigenvalue weighted by Gasteiger charge is 2.35. The van der Waals surface area contributed by atoms with Gasteiger partial charge in [-0.2, -0.15) is 13.2 Å². The van der Waals surface area contributed by atoms with E-state index in [4.69, 9.17) is 65.8 Å². The number of alkyl halides is 3. The smallest absolute Gasteiger partial charge is 0.418 e. The normalized spacial score (nSPS) is 10.6. The maximum atomic E-state index is 13.7. The van der Waals surface area contributed by atoms with Crippen LogP contribution in [-0.4, -0.2) is 61.9 Å². The summed E-state index contributed by atoms with van der Waals surface area (Å²) in [6, 6.07) is 66.2. The lowest BCUT2D eigenvalue weighted by Crippen LogP contribution is -2.35. The van der Waals surface area contributed by atoms with Gasteiger partial charge >= 0.3 is 6.18 Å². The van der Waals surface area contributed by atoms with E-state index < -0.39 is 27.5 Å². The number of phenolic OH excluding ortho intramolecular Hbond substituents is 1. The number of rotatable bonds is 16. The van der Waals surface area contributed by atoms with Crippen molar-refractivity contribution < 1.29 is 56.7 Å². The Morgan fingerprint density at radius 1 is 0.441 bits per heavy atom. The molecule has 0 aliphatic carbocycles. The molecule has 17 aromatic rings. The summed E-state index contributed by atoms with van der Waals surface area (Å²) in [6.07, 6.45) is 4.05. The number of nitro benzene ring substituents is 2. The van der Waals surface area contributed by atoms with Gasteiger partial charge in [-0.05, 0) is 190 Å². The number of fused-ring (bicyclic) bond motifs is 5. The van der Waals surface area contributed by atoms with Crippen LogP contribution in [-0.2, 0) is 28.6 Å². The number of hydrogen-bond acceptors (Lipinski definition) is 24. The molecule has 0 spiro atoms. The number of aromatic hydroxyl groups is 1. The second-order valence-corrected chi connectivity index (χ2v) is 30.1. The zero-order chi connectivity index (χ0) is 82.9. The first-order chi connectivity index (χ1) is 57.1. The van der Waals surface area contributed by atoms with Crippen molar-refractivity contribution in [3.63, 3.8) is 0 Å². The maximum Gasteiger partial charge on any atom is 0.418 e. The van der Waals surface area contributed by atoms with Crippen LogP contribution in [0.15, 0.2) is 294 Å². The summed E-state index contributed by atoms with van der Waals surface area (Å²) < 4.78 is 69.3. The molecule has 10 heterocycles. The third-order valence-corrected chi connectivity index (χ3v) is 21.4. The number of thiophene rings is 5. The SMILES string of the molecule is Clc1ccnc2ccsc12.Nc1ccc(Oc2ccnc3ccsc23)cc1.O=C(Cc1ccccc1)NC(=S)Nc1ccc(Oc2ccnc3ccsc23)cc1.O=C(Cc1ccccc1)NC(=S)Nc1ccc(Oc2ccnc3ccsc23)cc1C(F)(F)F.O=[N+]([O-])c1ccc(O)cc1.O=[N+]([O-])c1ccc(Oc2ccnc3ccsc23)cc1. The first-order valence-corrected chi connectivity index (χ1v) is 40.3. The van der Waals surface area contributed by atoms with Crippen LogP contribution in [0, 0.1) is 20.2 Å². The van der Waals surface area contributed by atoms with Crippen LogP contribution in [0.2, 0.25) is 5.02 Å². The van der Waals surface area contributed by atoms with Gasteiger partial charge in [0, 0.05) is 90.9 Å². The van der Waals surface area contributed by atoms with E-state index >= 15 is 0 Å². The van der Waals surface area contributed by atoms with Gasteiger partial charge in [0.15, 0.2) is 10.2 Å². The summed E-state index contributed by atoms with van der Waals surface area (Å²) in [5.74, 6) is 4.20. The predicted molar refractivity (Wildman–Crippen MR) is 469 cm³/mol. The highest BCUT2D eigenvalue weighted by atomic mass is 35.5. The number of pyridine rings is 5. The molecule has 0 saturated heterocycles. The highest BCUT2D eigenvalue weighted by molar-refractivity contribution is 7.80. The van der Waals surface area contributed by atoms with Gasteiger partial charge in [0.2, 0.25) is 11.8 Å². The lowest BCUT2D eigenvalue weighted by Gasteiger charge is -2.17. The van der Waals surface area contributed by atoms with Gasteiger partial charge in [0.05, 0.1) is 90.0 Å². The highest BCUT2D eigenvalue weighted by Crippen LogP contribution is 2.41. The van der Waals surface area contributed by atoms with E-state index in [9.17, 15) is 43.0 Å². The number of carbonyl (C=O) groups is 2. The molecule has 2 amide bonds. The number of amides is 2. The Labute approximate surface area is 704 Å². The molecule has 592 valence electrons. The lowest BCUT2D eigenvalue weighted by molar-refractivity contribution is -0.385. The van der Waals surface area contributed by atoms with Gasteiger partial charge < -0.3 is 51.1 Å². The molecular weight excluding hydrogens is 1670 g/mol. The zero-order valence-corrected chi connectivity index (χ0v) is 67.3. The van der Waals surface area contributed by atoms with E-state index in [1.165, 1.54) is 66.1 Å². The fourth-order valence-corrected chi connectivity index (χ4v) is 15.3. The average molecular weight is 1730 g/mol. The van der Waals surface area contributed by atoms with Crippen LogP contribution in [0.5, 0.6) is 51.7 Å². The minimum absolute atomic E-state index is 0.00723. The Hall–Kier alpha value is -13.5. The summed E-state index contributed by atoms with van der Waals surface area (Å²) >= 11 is 23.9. The van der Waals surface area contributed by atoms with Crippen molar-refractivity contribution in [1.29, 1.82) is 0 Å². The van der Waals surface area contributed by atoms with Crippen LogP contribution in [0.25, 0.3) is 51.1 Å². The minimum Gasteiger partial charge on any atom is -0.508 e. The Morgan fingerprint density at radius 3 is 1.17 bits per heavy atom. The molecule has 0 aliphatic heterocycles. The number of thiocarbonyl (C=S) groups is 2. The number of nitrogen functional groups attached to an aromatic ring is 1. The van der Waals surface area contributed by atoms with Gasteiger partial charge in [-0.25, -0.2) is 0 Å². The molecule has 0 fully saturated rings. The lowest BCUT2D eigenvalue weighted by atomic mass is 10.1. The number of nitrogens with one attached hydrogen (secondary N) is 4. The van der Waals surface area contributed by atoms with Crippen molar-refractivity contribution in [2.75, 3.05) is 16.4 Å². The molecule has 0 unspecified atom stereocenters. The van der Waals surface area contributed by atoms with E-state index in [2.05, 4.69) is 46.2 Å². The molecule has 7 N–H and O–H groups in total. The second-order valence-electron chi connectivity index (χ2n) is 24.3. The molecule has 7 aromatic carbocycles. The number of carbonyl (C=O) groups excluding carboxylic acids is 2. The van der Waals surface area contributed by atoms with E-state index in [0.717, 1.165) is 96.4 Å². The molecule has 17 rings (SSSR count). The number of aromatic nitrogens is 5. The van der Waals surface area contributed by atoms with Crippen LogP contribution >= 0.6 is 92.7 Å². The van der Waals surface area contributed by atoms with Gasteiger partial charge in [0.1, 0.15) is 51.7 Å². The average Bonchev–Trinajstić information content (AvgIpc) is 1.36. The van der Waals surface area contributed by atoms with E-state index in [-0.39, 0.29) is 57.5 Å². The molecule has 23 nitrogen and oxygen atoms in total. The molecule has 34 heteroatoms. The predicted octanol–water partition coefficient (Wildman–Crippen LogP) is 23.2. The number of hydrogen-bond donors (Lipinski definition) is 6. The fraction of sp³-hybridized carbons (Fsp3) is 0.0357. The topological polar surface area (TPSA) is 316 Å². The van der Waals surface area contributed by atoms with Crippen LogP contribution in [0.3, 0.4) is 0 Å². The fourth-order valence-electron chi connectivity index (χ4n) is 10.6. The summed E-state index contributed by atoms with van der Waals surface area (Å²) in [5, 5.41) is 50.5. The number of halogens is 4. The number of phenols is 1. The third kappa shape index (κ3) is 24.1. The monoisotopic (exact) mass is 1730 g/mol. The molecular formula is C84H60ClF3N12O11S7. The van der Waals surface area contributed by atoms with Crippen molar-refractivity contribution in [3.05, 3.63) is 336 Å². The largest absolute Gasteiger partial charge is 0.508 e. The number of nitrogens with zero attached hydrogens (tertiary/aromatic N) is 7. The Bertz CT molecular complexity index is 6310.